The molecular formula is C60H38N2S. The SMILES string of the molecule is C1=Cc2c(n(-c3cccc4c3sc3ccccc34)c3ccc(-c4ccc(-c5ccc6c(c5)c5ccccc5n6-c5ccc6c7ccccc7c7ccccc7c6c5)cc4)cc23)CC1. The predicted molar refractivity (Wildman–Crippen MR) is 271 cm³/mol. The molecule has 0 bridgehead atoms. The third-order valence-electron chi connectivity index (χ3n) is 13.8. The van der Waals surface area contributed by atoms with Gasteiger partial charge in [-0.15, -0.1) is 11.3 Å². The molecular weight excluding hydrogens is 781 g/mol. The zero-order valence-electron chi connectivity index (χ0n) is 34.3. The molecule has 14 rings (SSSR count). The van der Waals surface area contributed by atoms with E-state index >= 15 is 0 Å². The second-order valence-corrected chi connectivity index (χ2v) is 18.2. The molecule has 1 aliphatic carbocycles. The lowest BCUT2D eigenvalue weighted by Crippen LogP contribution is -2.03. The number of aromatic nitrogens is 2. The lowest BCUT2D eigenvalue weighted by atomic mass is 9.94. The second kappa shape index (κ2) is 13.4. The molecule has 3 heteroatoms. The smallest absolute Gasteiger partial charge is 0.0637 e. The van der Waals surface area contributed by atoms with Gasteiger partial charge in [0.1, 0.15) is 0 Å². The summed E-state index contributed by atoms with van der Waals surface area (Å²) in [6, 6.07) is 72.4. The van der Waals surface area contributed by atoms with Gasteiger partial charge in [0.15, 0.2) is 0 Å². The first-order chi connectivity index (χ1) is 31.2. The Labute approximate surface area is 367 Å². The van der Waals surface area contributed by atoms with Crippen molar-refractivity contribution in [3.63, 3.8) is 0 Å². The summed E-state index contributed by atoms with van der Waals surface area (Å²) in [5, 5.41) is 14.3. The van der Waals surface area contributed by atoms with Crippen molar-refractivity contribution >= 4 is 103 Å². The summed E-state index contributed by atoms with van der Waals surface area (Å²) in [6.45, 7) is 0. The topological polar surface area (TPSA) is 9.86 Å². The largest absolute Gasteiger partial charge is 0.312 e. The van der Waals surface area contributed by atoms with Crippen molar-refractivity contribution in [1.29, 1.82) is 0 Å². The number of rotatable bonds is 4. The predicted octanol–water partition coefficient (Wildman–Crippen LogP) is 16.8. The van der Waals surface area contributed by atoms with E-state index in [1.807, 2.05) is 11.3 Å². The molecule has 1 aliphatic rings. The number of benzene rings is 10. The molecule has 10 aromatic carbocycles. The maximum Gasteiger partial charge on any atom is 0.0637 e. The first kappa shape index (κ1) is 34.9. The van der Waals surface area contributed by atoms with Crippen LogP contribution in [0.1, 0.15) is 17.7 Å². The van der Waals surface area contributed by atoms with Crippen LogP contribution in [-0.2, 0) is 6.42 Å². The van der Waals surface area contributed by atoms with Crippen LogP contribution in [0.15, 0.2) is 200 Å². The molecule has 0 N–H and O–H groups in total. The summed E-state index contributed by atoms with van der Waals surface area (Å²) >= 11 is 1.91. The van der Waals surface area contributed by atoms with E-state index in [0.29, 0.717) is 0 Å². The van der Waals surface area contributed by atoms with E-state index < -0.39 is 0 Å². The van der Waals surface area contributed by atoms with Crippen LogP contribution >= 0.6 is 11.3 Å². The van der Waals surface area contributed by atoms with Gasteiger partial charge < -0.3 is 9.13 Å². The minimum Gasteiger partial charge on any atom is -0.312 e. The number of fused-ring (bicyclic) bond motifs is 15. The van der Waals surface area contributed by atoms with Crippen molar-refractivity contribution in [1.82, 2.24) is 9.13 Å². The van der Waals surface area contributed by atoms with Crippen LogP contribution in [-0.4, -0.2) is 9.13 Å². The van der Waals surface area contributed by atoms with Gasteiger partial charge in [-0.25, -0.2) is 0 Å². The molecule has 0 spiro atoms. The van der Waals surface area contributed by atoms with Gasteiger partial charge in [0.25, 0.3) is 0 Å². The summed E-state index contributed by atoms with van der Waals surface area (Å²) in [5.74, 6) is 0. The van der Waals surface area contributed by atoms with Crippen molar-refractivity contribution < 1.29 is 0 Å². The van der Waals surface area contributed by atoms with Crippen LogP contribution in [0.3, 0.4) is 0 Å². The van der Waals surface area contributed by atoms with E-state index in [1.54, 1.807) is 0 Å². The highest BCUT2D eigenvalue weighted by Crippen LogP contribution is 2.43. The Morgan fingerprint density at radius 3 is 1.65 bits per heavy atom. The third kappa shape index (κ3) is 5.12. The van der Waals surface area contributed by atoms with Crippen LogP contribution in [0.4, 0.5) is 0 Å². The summed E-state index contributed by atoms with van der Waals surface area (Å²) in [7, 11) is 0. The van der Waals surface area contributed by atoms with Gasteiger partial charge in [-0.05, 0) is 122 Å². The molecule has 63 heavy (non-hydrogen) atoms. The average Bonchev–Trinajstić information content (AvgIpc) is 4.01. The summed E-state index contributed by atoms with van der Waals surface area (Å²) in [4.78, 5) is 0. The highest BCUT2D eigenvalue weighted by Gasteiger charge is 2.22. The van der Waals surface area contributed by atoms with Gasteiger partial charge in [-0.3, -0.25) is 0 Å². The summed E-state index contributed by atoms with van der Waals surface area (Å²) in [6.07, 6.45) is 6.79. The summed E-state index contributed by atoms with van der Waals surface area (Å²) < 4.78 is 7.69. The Morgan fingerprint density at radius 1 is 0.365 bits per heavy atom. The monoisotopic (exact) mass is 818 g/mol. The molecule has 2 nitrogen and oxygen atoms in total. The van der Waals surface area contributed by atoms with E-state index in [9.17, 15) is 0 Å². The average molecular weight is 819 g/mol. The fraction of sp³-hybridized carbons (Fsp3) is 0.0333. The van der Waals surface area contributed by atoms with Crippen LogP contribution in [0.5, 0.6) is 0 Å². The molecule has 0 amide bonds. The van der Waals surface area contributed by atoms with E-state index in [0.717, 1.165) is 12.8 Å². The second-order valence-electron chi connectivity index (χ2n) is 17.1. The molecule has 0 unspecified atom stereocenters. The van der Waals surface area contributed by atoms with Crippen molar-refractivity contribution in [3.05, 3.63) is 211 Å². The van der Waals surface area contributed by atoms with Gasteiger partial charge in [0, 0.05) is 48.6 Å². The van der Waals surface area contributed by atoms with E-state index in [2.05, 4.69) is 215 Å². The van der Waals surface area contributed by atoms with E-state index in [-0.39, 0.29) is 0 Å². The molecule has 294 valence electrons. The molecule has 0 radical (unpaired) electrons. The maximum absolute atomic E-state index is 2.55. The molecule has 3 aromatic heterocycles. The molecule has 0 fully saturated rings. The lowest BCUT2D eigenvalue weighted by Gasteiger charge is -2.14. The summed E-state index contributed by atoms with van der Waals surface area (Å²) in [5.41, 5.74) is 13.8. The van der Waals surface area contributed by atoms with Gasteiger partial charge in [-0.2, -0.15) is 0 Å². The molecule has 3 heterocycles. The fourth-order valence-corrected chi connectivity index (χ4v) is 12.1. The van der Waals surface area contributed by atoms with Crippen molar-refractivity contribution in [2.24, 2.45) is 0 Å². The van der Waals surface area contributed by atoms with Gasteiger partial charge in [0.2, 0.25) is 0 Å². The highest BCUT2D eigenvalue weighted by molar-refractivity contribution is 7.26. The van der Waals surface area contributed by atoms with E-state index in [1.165, 1.54) is 130 Å². The molecule has 13 aromatic rings. The number of hydrogen-bond acceptors (Lipinski definition) is 1. The Morgan fingerprint density at radius 2 is 0.921 bits per heavy atom. The van der Waals surface area contributed by atoms with Crippen molar-refractivity contribution in [2.45, 2.75) is 12.8 Å². The Balaban J connectivity index is 0.856. The molecule has 0 saturated carbocycles. The van der Waals surface area contributed by atoms with Crippen LogP contribution in [0, 0.1) is 0 Å². The number of hydrogen-bond donors (Lipinski definition) is 0. The highest BCUT2D eigenvalue weighted by atomic mass is 32.1. The number of nitrogens with zero attached hydrogens (tertiary/aromatic N) is 2. The zero-order valence-corrected chi connectivity index (χ0v) is 35.2. The number of thiophene rings is 1. The number of allylic oxidation sites excluding steroid dienone is 1. The normalized spacial score (nSPS) is 12.9. The first-order valence-corrected chi connectivity index (χ1v) is 22.8. The Bertz CT molecular complexity index is 4040. The minimum atomic E-state index is 1.03. The van der Waals surface area contributed by atoms with Crippen LogP contribution < -0.4 is 0 Å². The standard InChI is InChI=1S/C60H38N2S/c1-2-14-44-42(12-1)43-13-3-4-15-45(43)51-36-41(30-31-46(44)51)61-54-20-8-5-16-47(54)52-34-39(28-32-56(52)61)37-24-26-38(27-25-37)40-29-33-57-53(35-40)48-17-6-9-21-55(48)62(57)58-22-11-19-50-49-18-7-10-23-59(49)63-60(50)58/h1-8,10-20,22-36H,9,21H2. The fourth-order valence-electron chi connectivity index (χ4n) is 10.9. The minimum absolute atomic E-state index is 1.03. The van der Waals surface area contributed by atoms with Crippen LogP contribution in [0.2, 0.25) is 0 Å². The Kier molecular flexibility index (Phi) is 7.42. The van der Waals surface area contributed by atoms with Gasteiger partial charge >= 0.3 is 0 Å². The lowest BCUT2D eigenvalue weighted by molar-refractivity contribution is 0.892. The van der Waals surface area contributed by atoms with Crippen LogP contribution in [0.25, 0.3) is 125 Å². The first-order valence-electron chi connectivity index (χ1n) is 22.0. The van der Waals surface area contributed by atoms with Gasteiger partial charge in [0.05, 0.1) is 26.9 Å². The quantitative estimate of drug-likeness (QED) is 0.157. The molecule has 0 aliphatic heterocycles. The third-order valence-corrected chi connectivity index (χ3v) is 15.0. The van der Waals surface area contributed by atoms with Crippen molar-refractivity contribution in [2.75, 3.05) is 0 Å². The molecule has 0 atom stereocenters. The van der Waals surface area contributed by atoms with Gasteiger partial charge in [-0.1, -0.05) is 152 Å². The molecule has 0 saturated heterocycles. The zero-order chi connectivity index (χ0) is 41.2. The Hall–Kier alpha value is -7.72. The number of para-hydroxylation sites is 1. The van der Waals surface area contributed by atoms with Crippen molar-refractivity contribution in [3.8, 4) is 33.6 Å². The maximum atomic E-state index is 2.55. The van der Waals surface area contributed by atoms with E-state index in [4.69, 9.17) is 0 Å².